The van der Waals surface area contributed by atoms with Crippen LogP contribution in [0.5, 0.6) is 0 Å². The number of thiol groups is 1. The maximum absolute atomic E-state index is 10.3. The molecule has 0 atom stereocenters. The Morgan fingerprint density at radius 3 is 2.73 bits per heavy atom. The van der Waals surface area contributed by atoms with E-state index in [4.69, 9.17) is 5.84 Å². The number of hydrazine groups is 1. The van der Waals surface area contributed by atoms with E-state index in [1.54, 1.807) is 18.2 Å². The Balaban J connectivity index is 3.11. The van der Waals surface area contributed by atoms with Crippen LogP contribution in [0.2, 0.25) is 0 Å². The van der Waals surface area contributed by atoms with Gasteiger partial charge in [-0.05, 0) is 18.2 Å². The van der Waals surface area contributed by atoms with E-state index in [0.29, 0.717) is 16.1 Å². The van der Waals surface area contributed by atoms with Gasteiger partial charge in [0, 0.05) is 10.5 Å². The number of aldehydes is 1. The van der Waals surface area contributed by atoms with Crippen LogP contribution in [0.25, 0.3) is 0 Å². The summed E-state index contributed by atoms with van der Waals surface area (Å²) in [6, 6.07) is 5.04. The zero-order chi connectivity index (χ0) is 8.27. The van der Waals surface area contributed by atoms with Gasteiger partial charge in [-0.3, -0.25) is 10.6 Å². The largest absolute Gasteiger partial charge is 0.324 e. The zero-order valence-electron chi connectivity index (χ0n) is 5.74. The first-order valence-electron chi connectivity index (χ1n) is 3.02. The van der Waals surface area contributed by atoms with Crippen molar-refractivity contribution in [2.24, 2.45) is 5.84 Å². The van der Waals surface area contributed by atoms with Crippen LogP contribution < -0.4 is 11.3 Å². The molecule has 58 valence electrons. The fourth-order valence-corrected chi connectivity index (χ4v) is 1.07. The first kappa shape index (κ1) is 8.10. The number of benzene rings is 1. The molecule has 3 nitrogen and oxygen atoms in total. The van der Waals surface area contributed by atoms with Crippen LogP contribution in [0.3, 0.4) is 0 Å². The number of nitrogen functional groups attached to an aromatic ring is 1. The average Bonchev–Trinajstić information content (AvgIpc) is 2.03. The molecule has 1 rings (SSSR count). The lowest BCUT2D eigenvalue weighted by molar-refractivity contribution is 0.112. The van der Waals surface area contributed by atoms with Crippen molar-refractivity contribution in [1.29, 1.82) is 0 Å². The molecule has 0 amide bonds. The van der Waals surface area contributed by atoms with Crippen LogP contribution in [0, 0.1) is 0 Å². The number of hydrogen-bond donors (Lipinski definition) is 3. The van der Waals surface area contributed by atoms with Gasteiger partial charge in [0.15, 0.2) is 0 Å². The molecular formula is C7H8N2OS. The van der Waals surface area contributed by atoms with Gasteiger partial charge in [-0.2, -0.15) is 0 Å². The summed E-state index contributed by atoms with van der Waals surface area (Å²) in [6.45, 7) is 0. The molecule has 4 heteroatoms. The van der Waals surface area contributed by atoms with Gasteiger partial charge >= 0.3 is 0 Å². The zero-order valence-corrected chi connectivity index (χ0v) is 6.64. The molecule has 0 aliphatic rings. The van der Waals surface area contributed by atoms with E-state index in [9.17, 15) is 4.79 Å². The molecule has 0 aliphatic heterocycles. The number of carbonyl (C=O) groups excluding carboxylic acids is 1. The number of rotatable bonds is 2. The fourth-order valence-electron chi connectivity index (χ4n) is 0.786. The van der Waals surface area contributed by atoms with Crippen LogP contribution in [-0.2, 0) is 0 Å². The summed E-state index contributed by atoms with van der Waals surface area (Å²) < 4.78 is 0. The van der Waals surface area contributed by atoms with Crippen molar-refractivity contribution in [3.8, 4) is 0 Å². The highest BCUT2D eigenvalue weighted by Gasteiger charge is 1.95. The second kappa shape index (κ2) is 3.41. The van der Waals surface area contributed by atoms with Crippen LogP contribution in [0.4, 0.5) is 5.69 Å². The Kier molecular flexibility index (Phi) is 2.51. The van der Waals surface area contributed by atoms with Crippen molar-refractivity contribution in [2.75, 3.05) is 5.43 Å². The summed E-state index contributed by atoms with van der Waals surface area (Å²) in [4.78, 5) is 11.0. The molecule has 0 spiro atoms. The normalized spacial score (nSPS) is 9.27. The number of anilines is 1. The maximum atomic E-state index is 10.3. The van der Waals surface area contributed by atoms with E-state index in [1.807, 2.05) is 0 Å². The summed E-state index contributed by atoms with van der Waals surface area (Å²) in [5.74, 6) is 5.14. The van der Waals surface area contributed by atoms with Gasteiger partial charge in [0.2, 0.25) is 0 Å². The predicted octanol–water partition coefficient (Wildman–Crippen LogP) is 1.07. The maximum Gasteiger partial charge on any atom is 0.150 e. The molecule has 0 aliphatic carbocycles. The van der Waals surface area contributed by atoms with Crippen LogP contribution >= 0.6 is 12.6 Å². The van der Waals surface area contributed by atoms with E-state index < -0.39 is 0 Å². The van der Waals surface area contributed by atoms with E-state index in [0.717, 1.165) is 6.29 Å². The number of carbonyl (C=O) groups is 1. The Morgan fingerprint density at radius 1 is 1.45 bits per heavy atom. The van der Waals surface area contributed by atoms with Gasteiger partial charge in [-0.1, -0.05) is 0 Å². The van der Waals surface area contributed by atoms with Crippen LogP contribution in [0.1, 0.15) is 10.4 Å². The lowest BCUT2D eigenvalue weighted by Gasteiger charge is -2.00. The number of nitrogens with two attached hydrogens (primary N) is 1. The molecule has 3 N–H and O–H groups in total. The Bertz CT molecular complexity index is 275. The quantitative estimate of drug-likeness (QED) is 0.268. The molecule has 1 aromatic carbocycles. The molecule has 0 radical (unpaired) electrons. The van der Waals surface area contributed by atoms with Gasteiger partial charge in [0.25, 0.3) is 0 Å². The average molecular weight is 168 g/mol. The summed E-state index contributed by atoms with van der Waals surface area (Å²) in [5.41, 5.74) is 3.68. The van der Waals surface area contributed by atoms with Gasteiger partial charge in [0.05, 0.1) is 5.69 Å². The Hall–Kier alpha value is -1.00. The molecule has 11 heavy (non-hydrogen) atoms. The van der Waals surface area contributed by atoms with Crippen LogP contribution in [-0.4, -0.2) is 6.29 Å². The lowest BCUT2D eigenvalue weighted by atomic mass is 10.2. The molecule has 0 fully saturated rings. The van der Waals surface area contributed by atoms with Gasteiger partial charge in [-0.15, -0.1) is 12.6 Å². The summed E-state index contributed by atoms with van der Waals surface area (Å²) in [5, 5.41) is 0. The summed E-state index contributed by atoms with van der Waals surface area (Å²) in [7, 11) is 0. The minimum atomic E-state index is 0.561. The minimum absolute atomic E-state index is 0.561. The predicted molar refractivity (Wildman–Crippen MR) is 46.9 cm³/mol. The van der Waals surface area contributed by atoms with Gasteiger partial charge in [-0.25, -0.2) is 0 Å². The van der Waals surface area contributed by atoms with Crippen molar-refractivity contribution < 1.29 is 4.79 Å². The van der Waals surface area contributed by atoms with E-state index in [-0.39, 0.29) is 0 Å². The minimum Gasteiger partial charge on any atom is -0.324 e. The van der Waals surface area contributed by atoms with Crippen molar-refractivity contribution in [2.45, 2.75) is 4.90 Å². The smallest absolute Gasteiger partial charge is 0.150 e. The van der Waals surface area contributed by atoms with Crippen molar-refractivity contribution in [3.05, 3.63) is 23.8 Å². The van der Waals surface area contributed by atoms with Crippen LogP contribution in [0.15, 0.2) is 23.1 Å². The third-order valence-electron chi connectivity index (χ3n) is 1.24. The monoisotopic (exact) mass is 168 g/mol. The van der Waals surface area contributed by atoms with E-state index in [2.05, 4.69) is 18.1 Å². The molecular weight excluding hydrogens is 160 g/mol. The SMILES string of the molecule is NNc1cc(S)cc(C=O)c1. The molecule has 0 heterocycles. The lowest BCUT2D eigenvalue weighted by Crippen LogP contribution is -2.06. The molecule has 1 aromatic rings. The second-order valence-electron chi connectivity index (χ2n) is 2.08. The standard InChI is InChI=1S/C7H8N2OS/c8-9-6-1-5(4-10)2-7(11)3-6/h1-4,9,11H,8H2. The first-order chi connectivity index (χ1) is 5.26. The molecule has 0 aromatic heterocycles. The number of nitrogens with one attached hydrogen (secondary N) is 1. The summed E-state index contributed by atoms with van der Waals surface area (Å²) >= 11 is 4.08. The topological polar surface area (TPSA) is 55.1 Å². The Labute approximate surface area is 70.0 Å². The highest BCUT2D eigenvalue weighted by Crippen LogP contribution is 2.15. The molecule has 0 saturated heterocycles. The van der Waals surface area contributed by atoms with Crippen molar-refractivity contribution in [3.63, 3.8) is 0 Å². The van der Waals surface area contributed by atoms with E-state index in [1.165, 1.54) is 0 Å². The highest BCUT2D eigenvalue weighted by atomic mass is 32.1. The van der Waals surface area contributed by atoms with Crippen molar-refractivity contribution >= 4 is 24.6 Å². The molecule has 0 bridgehead atoms. The highest BCUT2D eigenvalue weighted by molar-refractivity contribution is 7.80. The molecule has 0 unspecified atom stereocenters. The first-order valence-corrected chi connectivity index (χ1v) is 3.47. The second-order valence-corrected chi connectivity index (χ2v) is 2.59. The summed E-state index contributed by atoms with van der Waals surface area (Å²) in [6.07, 6.45) is 0.751. The van der Waals surface area contributed by atoms with E-state index >= 15 is 0 Å². The third-order valence-corrected chi connectivity index (χ3v) is 1.50. The Morgan fingerprint density at radius 2 is 2.18 bits per heavy atom. The third kappa shape index (κ3) is 1.96. The van der Waals surface area contributed by atoms with Crippen molar-refractivity contribution in [1.82, 2.24) is 0 Å². The van der Waals surface area contributed by atoms with Gasteiger partial charge in [0.1, 0.15) is 6.29 Å². The fraction of sp³-hybridized carbons (Fsp3) is 0. The van der Waals surface area contributed by atoms with Gasteiger partial charge < -0.3 is 5.43 Å². The molecule has 0 saturated carbocycles. The number of hydrogen-bond acceptors (Lipinski definition) is 4.